The molecule has 0 aromatic carbocycles. The molecule has 0 saturated heterocycles. The lowest BCUT2D eigenvalue weighted by Gasteiger charge is -2.36. The Morgan fingerprint density at radius 2 is 1.35 bits per heavy atom. The lowest BCUT2D eigenvalue weighted by Crippen LogP contribution is -2.47. The summed E-state index contributed by atoms with van der Waals surface area (Å²) >= 11 is 0. The van der Waals surface area contributed by atoms with Gasteiger partial charge in [-0.15, -0.1) is 0 Å². The highest BCUT2D eigenvalue weighted by Gasteiger charge is 2.42. The van der Waals surface area contributed by atoms with E-state index in [1.165, 1.54) is 0 Å². The van der Waals surface area contributed by atoms with Crippen molar-refractivity contribution in [2.45, 2.75) is 92.5 Å². The van der Waals surface area contributed by atoms with Crippen LogP contribution in [0.3, 0.4) is 0 Å². The summed E-state index contributed by atoms with van der Waals surface area (Å²) in [5.41, 5.74) is 0.300. The Labute approximate surface area is 161 Å². The van der Waals surface area contributed by atoms with Crippen LogP contribution in [0.5, 0.6) is 0 Å². The van der Waals surface area contributed by atoms with Crippen LogP contribution in [0.15, 0.2) is 12.2 Å². The van der Waals surface area contributed by atoms with Crippen LogP contribution >= 0.6 is 0 Å². The molecule has 1 atom stereocenters. The Hall–Kier alpha value is -1.10. The van der Waals surface area contributed by atoms with Gasteiger partial charge in [0.25, 0.3) is 8.32 Å². The molecule has 0 saturated carbocycles. The van der Waals surface area contributed by atoms with E-state index >= 15 is 0 Å². The standard InChI is InChI=1S/C21H40O4Si/c1-10-11-19(24-20(22)18(8)9)21(23)25-26(12-15(2)3,13-16(4)5)14-17(6)7/h15-17,19H,8,10-14H2,1-7,9H3. The van der Waals surface area contributed by atoms with Crippen LogP contribution in [0.1, 0.15) is 68.2 Å². The number of rotatable bonds is 12. The second-order valence-electron chi connectivity index (χ2n) is 8.86. The van der Waals surface area contributed by atoms with E-state index in [1.54, 1.807) is 6.92 Å². The third-order valence-corrected chi connectivity index (χ3v) is 9.39. The quantitative estimate of drug-likeness (QED) is 0.245. The van der Waals surface area contributed by atoms with Crippen LogP contribution in [-0.4, -0.2) is 26.4 Å². The average molecular weight is 385 g/mol. The van der Waals surface area contributed by atoms with E-state index in [2.05, 4.69) is 48.1 Å². The van der Waals surface area contributed by atoms with Crippen molar-refractivity contribution < 1.29 is 18.8 Å². The highest BCUT2D eigenvalue weighted by Crippen LogP contribution is 2.34. The molecule has 0 aliphatic carbocycles. The number of ether oxygens (including phenoxy) is 1. The van der Waals surface area contributed by atoms with Crippen LogP contribution in [-0.2, 0) is 18.8 Å². The van der Waals surface area contributed by atoms with Gasteiger partial charge < -0.3 is 9.16 Å². The maximum atomic E-state index is 13.0. The number of carbonyl (C=O) groups is 2. The van der Waals surface area contributed by atoms with Gasteiger partial charge in [-0.25, -0.2) is 9.59 Å². The largest absolute Gasteiger partial charge is 0.516 e. The van der Waals surface area contributed by atoms with Gasteiger partial charge >= 0.3 is 11.9 Å². The Balaban J connectivity index is 5.54. The average Bonchev–Trinajstić information content (AvgIpc) is 2.43. The van der Waals surface area contributed by atoms with Crippen LogP contribution in [0.2, 0.25) is 18.1 Å². The van der Waals surface area contributed by atoms with Gasteiger partial charge in [0.2, 0.25) is 0 Å². The predicted molar refractivity (Wildman–Crippen MR) is 110 cm³/mol. The fourth-order valence-electron chi connectivity index (χ4n) is 3.60. The smallest absolute Gasteiger partial charge is 0.334 e. The molecule has 5 heteroatoms. The first-order valence-corrected chi connectivity index (χ1v) is 12.5. The molecular formula is C21H40O4Si. The van der Waals surface area contributed by atoms with E-state index in [0.717, 1.165) is 24.6 Å². The summed E-state index contributed by atoms with van der Waals surface area (Å²) in [6.07, 6.45) is 0.395. The molecule has 0 aromatic heterocycles. The van der Waals surface area contributed by atoms with E-state index in [0.29, 0.717) is 29.7 Å². The second kappa shape index (κ2) is 11.6. The lowest BCUT2D eigenvalue weighted by atomic mass is 10.2. The fourth-order valence-corrected chi connectivity index (χ4v) is 9.38. The lowest BCUT2D eigenvalue weighted by molar-refractivity contribution is -0.160. The van der Waals surface area contributed by atoms with Crippen LogP contribution in [0, 0.1) is 17.8 Å². The number of esters is 1. The number of carbonyl (C=O) groups excluding carboxylic acids is 2. The Morgan fingerprint density at radius 3 is 1.65 bits per heavy atom. The zero-order valence-electron chi connectivity index (χ0n) is 18.2. The van der Waals surface area contributed by atoms with Gasteiger partial charge in [-0.3, -0.25) is 0 Å². The van der Waals surface area contributed by atoms with Crippen molar-refractivity contribution >= 4 is 20.3 Å². The Kier molecular flexibility index (Phi) is 11.1. The molecule has 0 bridgehead atoms. The summed E-state index contributed by atoms with van der Waals surface area (Å²) in [5, 5.41) is 0. The predicted octanol–water partition coefficient (Wildman–Crippen LogP) is 5.73. The summed E-state index contributed by atoms with van der Waals surface area (Å²) in [6.45, 7) is 20.2. The molecule has 0 radical (unpaired) electrons. The summed E-state index contributed by atoms with van der Waals surface area (Å²) in [6, 6.07) is 2.84. The molecule has 0 heterocycles. The highest BCUT2D eigenvalue weighted by atomic mass is 28.4. The van der Waals surface area contributed by atoms with Crippen LogP contribution in [0.4, 0.5) is 0 Å². The van der Waals surface area contributed by atoms with Crippen molar-refractivity contribution in [1.29, 1.82) is 0 Å². The van der Waals surface area contributed by atoms with Gasteiger partial charge in [-0.2, -0.15) is 0 Å². The first-order valence-electron chi connectivity index (χ1n) is 10.0. The van der Waals surface area contributed by atoms with Crippen molar-refractivity contribution in [3.63, 3.8) is 0 Å². The van der Waals surface area contributed by atoms with Gasteiger partial charge in [-0.05, 0) is 49.2 Å². The summed E-state index contributed by atoms with van der Waals surface area (Å²) < 4.78 is 11.6. The molecule has 26 heavy (non-hydrogen) atoms. The van der Waals surface area contributed by atoms with Crippen molar-refractivity contribution in [3.05, 3.63) is 12.2 Å². The summed E-state index contributed by atoms with van der Waals surface area (Å²) in [7, 11) is -2.28. The van der Waals surface area contributed by atoms with Crippen LogP contribution in [0.25, 0.3) is 0 Å². The van der Waals surface area contributed by atoms with E-state index in [9.17, 15) is 9.59 Å². The van der Waals surface area contributed by atoms with Gasteiger partial charge in [0.1, 0.15) is 0 Å². The van der Waals surface area contributed by atoms with Crippen molar-refractivity contribution in [3.8, 4) is 0 Å². The van der Waals surface area contributed by atoms with E-state index in [-0.39, 0.29) is 5.97 Å². The molecule has 0 aliphatic heterocycles. The second-order valence-corrected chi connectivity index (χ2v) is 12.7. The van der Waals surface area contributed by atoms with Crippen molar-refractivity contribution in [1.82, 2.24) is 0 Å². The molecule has 1 unspecified atom stereocenters. The molecule has 0 amide bonds. The number of hydrogen-bond acceptors (Lipinski definition) is 4. The van der Waals surface area contributed by atoms with E-state index < -0.39 is 20.4 Å². The van der Waals surface area contributed by atoms with Gasteiger partial charge in [0, 0.05) is 5.57 Å². The van der Waals surface area contributed by atoms with Gasteiger partial charge in [0.15, 0.2) is 6.10 Å². The summed E-state index contributed by atoms with van der Waals surface area (Å²) in [4.78, 5) is 24.9. The SMILES string of the molecule is C=C(C)C(=O)OC(CCC)C(=O)O[Si](CC(C)C)(CC(C)C)CC(C)C. The Morgan fingerprint density at radius 1 is 0.923 bits per heavy atom. The molecule has 0 rings (SSSR count). The number of hydrogen-bond donors (Lipinski definition) is 0. The highest BCUT2D eigenvalue weighted by molar-refractivity contribution is 6.75. The maximum Gasteiger partial charge on any atom is 0.334 e. The molecule has 0 spiro atoms. The first-order chi connectivity index (χ1) is 11.9. The first kappa shape index (κ1) is 24.9. The van der Waals surface area contributed by atoms with E-state index in [4.69, 9.17) is 9.16 Å². The topological polar surface area (TPSA) is 52.6 Å². The minimum absolute atomic E-state index is 0.300. The molecular weight excluding hydrogens is 344 g/mol. The minimum atomic E-state index is -2.28. The molecule has 0 fully saturated rings. The van der Waals surface area contributed by atoms with Gasteiger partial charge in [-0.1, -0.05) is 61.5 Å². The normalized spacial score (nSPS) is 13.2. The Bertz CT molecular complexity index is 442. The van der Waals surface area contributed by atoms with Gasteiger partial charge in [0.05, 0.1) is 0 Å². The molecule has 0 aliphatic rings. The zero-order valence-corrected chi connectivity index (χ0v) is 19.2. The molecule has 152 valence electrons. The monoisotopic (exact) mass is 384 g/mol. The van der Waals surface area contributed by atoms with E-state index in [1.807, 2.05) is 6.92 Å². The molecule has 4 nitrogen and oxygen atoms in total. The van der Waals surface area contributed by atoms with Crippen molar-refractivity contribution in [2.24, 2.45) is 17.8 Å². The third kappa shape index (κ3) is 9.55. The zero-order chi connectivity index (χ0) is 20.5. The minimum Gasteiger partial charge on any atom is -0.516 e. The van der Waals surface area contributed by atoms with Crippen molar-refractivity contribution in [2.75, 3.05) is 0 Å². The summed E-state index contributed by atoms with van der Waals surface area (Å²) in [5.74, 6) is 0.512. The van der Waals surface area contributed by atoms with Crippen LogP contribution < -0.4 is 0 Å². The maximum absolute atomic E-state index is 13.0. The third-order valence-electron chi connectivity index (χ3n) is 4.07. The molecule has 0 N–H and O–H groups in total. The fraction of sp³-hybridized carbons (Fsp3) is 0.810. The molecule has 0 aromatic rings.